The van der Waals surface area contributed by atoms with Crippen molar-refractivity contribution in [2.75, 3.05) is 0 Å². The van der Waals surface area contributed by atoms with Crippen LogP contribution in [0, 0.1) is 6.92 Å². The molecule has 0 unspecified atom stereocenters. The molecule has 0 saturated carbocycles. The van der Waals surface area contributed by atoms with Gasteiger partial charge in [0, 0.05) is 18.7 Å². The number of hydrogen-bond donors (Lipinski definition) is 2. The SMILES string of the molecule is Cc1ccc(/C=C\S(=O)(=O)NNC(=O)c2cccn2C)cc1. The van der Waals surface area contributed by atoms with Crippen molar-refractivity contribution in [2.24, 2.45) is 7.05 Å². The Morgan fingerprint density at radius 1 is 1.18 bits per heavy atom. The average molecular weight is 319 g/mol. The standard InChI is InChI=1S/C15H17N3O3S/c1-12-5-7-13(8-6-12)9-11-22(20,21)17-16-15(19)14-4-3-10-18(14)2/h3-11,17H,1-2H3,(H,16,19)/b11-9-. The Balaban J connectivity index is 1.98. The molecule has 2 N–H and O–H groups in total. The zero-order chi connectivity index (χ0) is 16.2. The van der Waals surface area contributed by atoms with Crippen molar-refractivity contribution >= 4 is 22.0 Å². The molecule has 1 aromatic carbocycles. The zero-order valence-electron chi connectivity index (χ0n) is 12.3. The highest BCUT2D eigenvalue weighted by Gasteiger charge is 2.11. The molecule has 6 nitrogen and oxygen atoms in total. The third-order valence-electron chi connectivity index (χ3n) is 3.00. The highest BCUT2D eigenvalue weighted by molar-refractivity contribution is 7.92. The van der Waals surface area contributed by atoms with Gasteiger partial charge in [-0.05, 0) is 30.7 Å². The molecule has 7 heteroatoms. The number of hydrogen-bond acceptors (Lipinski definition) is 3. The molecule has 0 aliphatic carbocycles. The molecule has 0 radical (unpaired) electrons. The Morgan fingerprint density at radius 2 is 1.86 bits per heavy atom. The van der Waals surface area contributed by atoms with E-state index in [-0.39, 0.29) is 0 Å². The van der Waals surface area contributed by atoms with Crippen LogP contribution in [0.4, 0.5) is 0 Å². The van der Waals surface area contributed by atoms with Gasteiger partial charge in [-0.25, -0.2) is 8.42 Å². The zero-order valence-corrected chi connectivity index (χ0v) is 13.1. The maximum atomic E-state index is 11.8. The molecule has 0 aliphatic heterocycles. The normalized spacial score (nSPS) is 11.7. The van der Waals surface area contributed by atoms with Crippen molar-refractivity contribution in [1.29, 1.82) is 0 Å². The first-order chi connectivity index (χ1) is 10.4. The molecule has 0 saturated heterocycles. The number of aryl methyl sites for hydroxylation is 2. The number of nitrogens with one attached hydrogen (secondary N) is 2. The first-order valence-electron chi connectivity index (χ1n) is 6.56. The molecule has 22 heavy (non-hydrogen) atoms. The van der Waals surface area contributed by atoms with E-state index in [1.165, 1.54) is 6.08 Å². The number of rotatable bonds is 5. The van der Waals surface area contributed by atoms with Gasteiger partial charge in [0.05, 0.1) is 0 Å². The van der Waals surface area contributed by atoms with E-state index >= 15 is 0 Å². The fourth-order valence-corrected chi connectivity index (χ4v) is 2.40. The molecule has 0 bridgehead atoms. The predicted octanol–water partition coefficient (Wildman–Crippen LogP) is 1.57. The van der Waals surface area contributed by atoms with Crippen molar-refractivity contribution in [3.05, 3.63) is 64.8 Å². The summed E-state index contributed by atoms with van der Waals surface area (Å²) in [5.74, 6) is -0.528. The van der Waals surface area contributed by atoms with E-state index in [0.717, 1.165) is 16.5 Å². The van der Waals surface area contributed by atoms with E-state index in [2.05, 4.69) is 5.43 Å². The lowest BCUT2D eigenvalue weighted by Crippen LogP contribution is -2.41. The summed E-state index contributed by atoms with van der Waals surface area (Å²) in [5, 5.41) is 1.00. The molecular formula is C15H17N3O3S. The van der Waals surface area contributed by atoms with Crippen LogP contribution in [0.5, 0.6) is 0 Å². The summed E-state index contributed by atoms with van der Waals surface area (Å²) in [4.78, 5) is 13.8. The van der Waals surface area contributed by atoms with Gasteiger partial charge >= 0.3 is 0 Å². The van der Waals surface area contributed by atoms with Crippen LogP contribution in [0.25, 0.3) is 6.08 Å². The molecule has 1 amide bonds. The van der Waals surface area contributed by atoms with Gasteiger partial charge in [-0.3, -0.25) is 10.2 Å². The lowest BCUT2D eigenvalue weighted by atomic mass is 10.2. The number of hydrazine groups is 1. The van der Waals surface area contributed by atoms with Crippen molar-refractivity contribution < 1.29 is 13.2 Å². The second kappa shape index (κ2) is 6.59. The Labute approximate surface area is 129 Å². The minimum Gasteiger partial charge on any atom is -0.347 e. The Hall–Kier alpha value is -2.38. The summed E-state index contributed by atoms with van der Waals surface area (Å²) < 4.78 is 25.2. The highest BCUT2D eigenvalue weighted by Crippen LogP contribution is 2.06. The lowest BCUT2D eigenvalue weighted by Gasteiger charge is -2.06. The fraction of sp³-hybridized carbons (Fsp3) is 0.133. The van der Waals surface area contributed by atoms with Gasteiger partial charge in [-0.1, -0.05) is 29.8 Å². The quantitative estimate of drug-likeness (QED) is 0.821. The summed E-state index contributed by atoms with van der Waals surface area (Å²) in [5.41, 5.74) is 4.36. The molecule has 0 aliphatic rings. The van der Waals surface area contributed by atoms with Crippen LogP contribution in [0.15, 0.2) is 48.0 Å². The Bertz CT molecular complexity index is 790. The van der Waals surface area contributed by atoms with E-state index in [0.29, 0.717) is 5.69 Å². The maximum Gasteiger partial charge on any atom is 0.282 e. The maximum absolute atomic E-state index is 11.8. The molecule has 116 valence electrons. The Morgan fingerprint density at radius 3 is 2.45 bits per heavy atom. The van der Waals surface area contributed by atoms with Crippen molar-refractivity contribution in [3.63, 3.8) is 0 Å². The minimum absolute atomic E-state index is 0.352. The average Bonchev–Trinajstić information content (AvgIpc) is 2.91. The van der Waals surface area contributed by atoms with Crippen LogP contribution in [0.1, 0.15) is 21.6 Å². The summed E-state index contributed by atoms with van der Waals surface area (Å²) >= 11 is 0. The fourth-order valence-electron chi connectivity index (χ4n) is 1.76. The highest BCUT2D eigenvalue weighted by atomic mass is 32.2. The van der Waals surface area contributed by atoms with Crippen LogP contribution in [-0.2, 0) is 17.1 Å². The number of nitrogens with zero attached hydrogens (tertiary/aromatic N) is 1. The summed E-state index contributed by atoms with van der Waals surface area (Å²) in [7, 11) is -2.07. The number of aromatic nitrogens is 1. The summed E-state index contributed by atoms with van der Waals surface area (Å²) in [6, 6.07) is 10.7. The van der Waals surface area contributed by atoms with E-state index in [1.807, 2.05) is 36.0 Å². The van der Waals surface area contributed by atoms with Gasteiger partial charge in [-0.15, -0.1) is 4.83 Å². The van der Waals surface area contributed by atoms with Gasteiger partial charge in [0.2, 0.25) is 0 Å². The predicted molar refractivity (Wildman–Crippen MR) is 85.1 cm³/mol. The topological polar surface area (TPSA) is 80.2 Å². The molecule has 0 spiro atoms. The second-order valence-electron chi connectivity index (χ2n) is 4.82. The van der Waals surface area contributed by atoms with E-state index in [4.69, 9.17) is 0 Å². The molecule has 1 heterocycles. The molecular weight excluding hydrogens is 302 g/mol. The van der Waals surface area contributed by atoms with Crippen molar-refractivity contribution in [2.45, 2.75) is 6.92 Å². The lowest BCUT2D eigenvalue weighted by molar-refractivity contribution is 0.0937. The van der Waals surface area contributed by atoms with Gasteiger partial charge in [0.25, 0.3) is 15.9 Å². The van der Waals surface area contributed by atoms with Crippen LogP contribution in [0.2, 0.25) is 0 Å². The molecule has 2 aromatic rings. The van der Waals surface area contributed by atoms with Gasteiger partial charge in [0.15, 0.2) is 0 Å². The molecule has 2 rings (SSSR count). The summed E-state index contributed by atoms with van der Waals surface area (Å²) in [6.45, 7) is 1.95. The van der Waals surface area contributed by atoms with Crippen LogP contribution >= 0.6 is 0 Å². The molecule has 0 atom stereocenters. The van der Waals surface area contributed by atoms with E-state index in [1.54, 1.807) is 29.9 Å². The monoisotopic (exact) mass is 319 g/mol. The first-order valence-corrected chi connectivity index (χ1v) is 8.10. The second-order valence-corrected chi connectivity index (χ2v) is 6.39. The number of carbonyl (C=O) groups is 1. The largest absolute Gasteiger partial charge is 0.347 e. The smallest absolute Gasteiger partial charge is 0.282 e. The van der Waals surface area contributed by atoms with Gasteiger partial charge < -0.3 is 4.57 Å². The van der Waals surface area contributed by atoms with Crippen LogP contribution in [0.3, 0.4) is 0 Å². The van der Waals surface area contributed by atoms with E-state index < -0.39 is 15.9 Å². The number of amides is 1. The Kier molecular flexibility index (Phi) is 4.79. The van der Waals surface area contributed by atoms with Crippen molar-refractivity contribution in [3.8, 4) is 0 Å². The number of carbonyl (C=O) groups excluding carboxylic acids is 1. The molecule has 1 aromatic heterocycles. The van der Waals surface area contributed by atoms with Crippen LogP contribution < -0.4 is 10.3 Å². The number of benzene rings is 1. The van der Waals surface area contributed by atoms with Crippen molar-refractivity contribution in [1.82, 2.24) is 14.8 Å². The van der Waals surface area contributed by atoms with Crippen LogP contribution in [-0.4, -0.2) is 18.9 Å². The van der Waals surface area contributed by atoms with Gasteiger partial charge in [-0.2, -0.15) is 0 Å². The minimum atomic E-state index is -3.76. The molecule has 0 fully saturated rings. The number of sulfonamides is 1. The first kappa shape index (κ1) is 16.0. The summed E-state index contributed by atoms with van der Waals surface area (Å²) in [6.07, 6.45) is 3.15. The third kappa shape index (κ3) is 4.31. The van der Waals surface area contributed by atoms with E-state index in [9.17, 15) is 13.2 Å². The van der Waals surface area contributed by atoms with Gasteiger partial charge in [0.1, 0.15) is 5.69 Å². The third-order valence-corrected chi connectivity index (χ3v) is 3.88.